The van der Waals surface area contributed by atoms with E-state index in [4.69, 9.17) is 9.72 Å². The maximum Gasteiger partial charge on any atom is 0.229 e. The second-order valence-electron chi connectivity index (χ2n) is 5.84. The Morgan fingerprint density at radius 2 is 2.13 bits per heavy atom. The average molecular weight is 349 g/mol. The van der Waals surface area contributed by atoms with Gasteiger partial charge in [0.25, 0.3) is 0 Å². The third kappa shape index (κ3) is 2.81. The molecular weight excluding hydrogens is 330 g/mol. The van der Waals surface area contributed by atoms with E-state index in [0.717, 1.165) is 36.8 Å². The van der Waals surface area contributed by atoms with Gasteiger partial charge in [0.05, 0.1) is 29.3 Å². The number of carbonyl (C=O) groups is 1. The highest BCUT2D eigenvalue weighted by molar-refractivity contribution is 7.98. The van der Waals surface area contributed by atoms with Gasteiger partial charge in [-0.1, -0.05) is 17.4 Å². The van der Waals surface area contributed by atoms with Crippen LogP contribution in [0.1, 0.15) is 0 Å². The van der Waals surface area contributed by atoms with E-state index in [1.807, 2.05) is 4.90 Å². The quantitative estimate of drug-likeness (QED) is 0.796. The first-order valence-corrected chi connectivity index (χ1v) is 9.85. The molecule has 5 nitrogen and oxygen atoms in total. The number of hydrogen-bond acceptors (Lipinski definition) is 6. The highest BCUT2D eigenvalue weighted by atomic mass is 32.2. The number of hydrogen-bond donors (Lipinski definition) is 0. The van der Waals surface area contributed by atoms with Crippen molar-refractivity contribution in [3.63, 3.8) is 0 Å². The lowest BCUT2D eigenvalue weighted by Gasteiger charge is -2.41. The molecule has 0 aliphatic carbocycles. The van der Waals surface area contributed by atoms with E-state index >= 15 is 0 Å². The largest absolute Gasteiger partial charge is 0.378 e. The number of anilines is 1. The molecular formula is C16H19N3O2S2. The Balaban J connectivity index is 1.44. The molecule has 0 radical (unpaired) electrons. The van der Waals surface area contributed by atoms with Crippen LogP contribution in [0.5, 0.6) is 0 Å². The van der Waals surface area contributed by atoms with E-state index in [1.165, 1.54) is 9.60 Å². The minimum absolute atomic E-state index is 0.111. The van der Waals surface area contributed by atoms with Crippen molar-refractivity contribution in [1.29, 1.82) is 0 Å². The maximum absolute atomic E-state index is 12.5. The van der Waals surface area contributed by atoms with Crippen LogP contribution >= 0.6 is 23.1 Å². The van der Waals surface area contributed by atoms with Crippen molar-refractivity contribution in [2.24, 2.45) is 5.92 Å². The molecule has 0 bridgehead atoms. The Bertz CT molecular complexity index is 721. The Hall–Kier alpha value is -1.31. The van der Waals surface area contributed by atoms with E-state index in [0.29, 0.717) is 13.2 Å². The summed E-state index contributed by atoms with van der Waals surface area (Å²) < 4.78 is 6.53. The van der Waals surface area contributed by atoms with Gasteiger partial charge in [0, 0.05) is 31.1 Å². The van der Waals surface area contributed by atoms with Crippen LogP contribution in [0, 0.1) is 5.92 Å². The Morgan fingerprint density at radius 1 is 1.35 bits per heavy atom. The van der Waals surface area contributed by atoms with Gasteiger partial charge in [-0.25, -0.2) is 4.98 Å². The zero-order valence-corrected chi connectivity index (χ0v) is 14.7. The summed E-state index contributed by atoms with van der Waals surface area (Å²) in [6.45, 7) is 4.35. The number of benzene rings is 1. The zero-order chi connectivity index (χ0) is 15.8. The van der Waals surface area contributed by atoms with Crippen LogP contribution in [0.4, 0.5) is 5.13 Å². The molecule has 7 heteroatoms. The van der Waals surface area contributed by atoms with Crippen LogP contribution in [0.3, 0.4) is 0 Å². The number of morpholine rings is 1. The van der Waals surface area contributed by atoms with Crippen LogP contribution in [-0.4, -0.2) is 61.4 Å². The molecule has 0 N–H and O–H groups in total. The van der Waals surface area contributed by atoms with Gasteiger partial charge in [-0.3, -0.25) is 4.79 Å². The Labute approximate surface area is 143 Å². The maximum atomic E-state index is 12.5. The summed E-state index contributed by atoms with van der Waals surface area (Å²) in [5.41, 5.74) is 1.09. The molecule has 2 aliphatic heterocycles. The molecule has 122 valence electrons. The van der Waals surface area contributed by atoms with E-state index in [-0.39, 0.29) is 11.8 Å². The molecule has 4 rings (SSSR count). The van der Waals surface area contributed by atoms with E-state index < -0.39 is 0 Å². The van der Waals surface area contributed by atoms with Crippen molar-refractivity contribution in [3.8, 4) is 0 Å². The second-order valence-corrected chi connectivity index (χ2v) is 7.70. The van der Waals surface area contributed by atoms with Crippen LogP contribution < -0.4 is 4.90 Å². The summed E-state index contributed by atoms with van der Waals surface area (Å²) >= 11 is 3.44. The number of rotatable bonds is 3. The highest BCUT2D eigenvalue weighted by Crippen LogP contribution is 2.36. The number of carbonyl (C=O) groups excluding carboxylic acids is 1. The predicted molar refractivity (Wildman–Crippen MR) is 94.5 cm³/mol. The van der Waals surface area contributed by atoms with Gasteiger partial charge in [-0.05, 0) is 18.4 Å². The van der Waals surface area contributed by atoms with Gasteiger partial charge in [0.1, 0.15) is 0 Å². The molecule has 0 spiro atoms. The fraction of sp³-hybridized carbons (Fsp3) is 0.500. The van der Waals surface area contributed by atoms with Gasteiger partial charge in [0.15, 0.2) is 5.13 Å². The lowest BCUT2D eigenvalue weighted by Crippen LogP contribution is -2.56. The lowest BCUT2D eigenvalue weighted by molar-refractivity contribution is -0.140. The third-order valence-corrected chi connectivity index (χ3v) is 6.27. The Kier molecular flexibility index (Phi) is 4.17. The number of para-hydroxylation sites is 1. The summed E-state index contributed by atoms with van der Waals surface area (Å²) in [5.74, 6) is 0.385. The number of ether oxygens (including phenoxy) is 1. The molecule has 0 atom stereocenters. The highest BCUT2D eigenvalue weighted by Gasteiger charge is 2.37. The van der Waals surface area contributed by atoms with Crippen LogP contribution in [0.15, 0.2) is 23.1 Å². The first-order valence-electron chi connectivity index (χ1n) is 7.81. The summed E-state index contributed by atoms with van der Waals surface area (Å²) in [6.07, 6.45) is 2.08. The van der Waals surface area contributed by atoms with Gasteiger partial charge in [-0.15, -0.1) is 11.8 Å². The fourth-order valence-corrected chi connectivity index (χ4v) is 4.68. The van der Waals surface area contributed by atoms with Crippen molar-refractivity contribution >= 4 is 44.4 Å². The van der Waals surface area contributed by atoms with Crippen LogP contribution in [-0.2, 0) is 9.53 Å². The first kappa shape index (κ1) is 15.2. The Morgan fingerprint density at radius 3 is 2.87 bits per heavy atom. The van der Waals surface area contributed by atoms with Crippen molar-refractivity contribution in [3.05, 3.63) is 18.2 Å². The fourth-order valence-electron chi connectivity index (χ4n) is 3.04. The second kappa shape index (κ2) is 6.30. The molecule has 1 amide bonds. The number of nitrogens with zero attached hydrogens (tertiary/aromatic N) is 3. The van der Waals surface area contributed by atoms with Crippen molar-refractivity contribution in [1.82, 2.24) is 9.88 Å². The van der Waals surface area contributed by atoms with Crippen molar-refractivity contribution in [2.45, 2.75) is 4.90 Å². The number of thioether (sulfide) groups is 1. The molecule has 2 saturated heterocycles. The van der Waals surface area contributed by atoms with Crippen molar-refractivity contribution < 1.29 is 9.53 Å². The molecule has 2 aliphatic rings. The number of thiazole rings is 1. The van der Waals surface area contributed by atoms with Crippen LogP contribution in [0.2, 0.25) is 0 Å². The summed E-state index contributed by atoms with van der Waals surface area (Å²) in [7, 11) is 0. The number of aromatic nitrogens is 1. The summed E-state index contributed by atoms with van der Waals surface area (Å²) in [6, 6.07) is 6.31. The van der Waals surface area contributed by atoms with E-state index in [1.54, 1.807) is 23.1 Å². The standard InChI is InChI=1S/C16H19N3O2S2/c1-22-12-3-2-4-13-14(12)17-16(23-13)19-9-11(10-19)15(20)18-5-7-21-8-6-18/h2-4,11H,5-10H2,1H3. The topological polar surface area (TPSA) is 45.7 Å². The van der Waals surface area contributed by atoms with Gasteiger partial charge in [0.2, 0.25) is 5.91 Å². The monoisotopic (exact) mass is 349 g/mol. The smallest absolute Gasteiger partial charge is 0.229 e. The number of amides is 1. The minimum atomic E-state index is 0.111. The molecule has 3 heterocycles. The molecule has 0 unspecified atom stereocenters. The lowest BCUT2D eigenvalue weighted by atomic mass is 9.99. The first-order chi connectivity index (χ1) is 11.3. The molecule has 2 aromatic rings. The number of fused-ring (bicyclic) bond motifs is 1. The molecule has 23 heavy (non-hydrogen) atoms. The predicted octanol–water partition coefficient (Wildman–Crippen LogP) is 2.31. The molecule has 1 aromatic heterocycles. The third-order valence-electron chi connectivity index (χ3n) is 4.41. The zero-order valence-electron chi connectivity index (χ0n) is 13.0. The van der Waals surface area contributed by atoms with Crippen molar-refractivity contribution in [2.75, 3.05) is 50.5 Å². The molecule has 2 fully saturated rings. The summed E-state index contributed by atoms with van der Waals surface area (Å²) in [4.78, 5) is 22.6. The SMILES string of the molecule is CSc1cccc2sc(N3CC(C(=O)N4CCOCC4)C3)nc12. The minimum Gasteiger partial charge on any atom is -0.378 e. The van der Waals surface area contributed by atoms with E-state index in [2.05, 4.69) is 29.4 Å². The van der Waals surface area contributed by atoms with Crippen LogP contribution in [0.25, 0.3) is 10.2 Å². The normalized spacial score (nSPS) is 19.2. The van der Waals surface area contributed by atoms with Gasteiger partial charge >= 0.3 is 0 Å². The van der Waals surface area contributed by atoms with E-state index in [9.17, 15) is 4.79 Å². The van der Waals surface area contributed by atoms with Gasteiger partial charge < -0.3 is 14.5 Å². The molecule has 0 saturated carbocycles. The van der Waals surface area contributed by atoms with Gasteiger partial charge in [-0.2, -0.15) is 0 Å². The molecule has 1 aromatic carbocycles. The summed E-state index contributed by atoms with van der Waals surface area (Å²) in [5, 5.41) is 1.03. The average Bonchev–Trinajstić information content (AvgIpc) is 2.97.